The molecule has 0 aliphatic carbocycles. The van der Waals surface area contributed by atoms with E-state index in [-0.39, 0.29) is 0 Å². The van der Waals surface area contributed by atoms with E-state index in [0.717, 1.165) is 36.0 Å². The zero-order chi connectivity index (χ0) is 10.3. The first-order valence-electron chi connectivity index (χ1n) is 5.19. The molecule has 0 bridgehead atoms. The van der Waals surface area contributed by atoms with Gasteiger partial charge >= 0.3 is 0 Å². The van der Waals surface area contributed by atoms with Crippen LogP contribution in [0.1, 0.15) is 18.0 Å². The van der Waals surface area contributed by atoms with Crippen LogP contribution in [0.2, 0.25) is 5.15 Å². The van der Waals surface area contributed by atoms with Gasteiger partial charge in [0.25, 0.3) is 0 Å². The maximum absolute atomic E-state index is 6.31. The molecule has 3 heterocycles. The Morgan fingerprint density at radius 2 is 2.40 bits per heavy atom. The molecule has 0 saturated carbocycles. The fourth-order valence-corrected chi connectivity index (χ4v) is 2.47. The van der Waals surface area contributed by atoms with Crippen LogP contribution in [-0.4, -0.2) is 22.5 Å². The summed E-state index contributed by atoms with van der Waals surface area (Å²) in [6.07, 6.45) is 3.08. The molecule has 3 rings (SSSR count). The molecule has 4 heteroatoms. The Bertz CT molecular complexity index is 486. The molecular formula is C11H12ClN3. The number of pyridine rings is 1. The van der Waals surface area contributed by atoms with Gasteiger partial charge < -0.3 is 5.32 Å². The molecule has 1 unspecified atom stereocenters. The third-order valence-electron chi connectivity index (χ3n) is 2.94. The molecule has 1 saturated heterocycles. The van der Waals surface area contributed by atoms with Crippen molar-refractivity contribution in [2.45, 2.75) is 12.3 Å². The summed E-state index contributed by atoms with van der Waals surface area (Å²) in [6, 6.07) is 5.93. The minimum atomic E-state index is 0.470. The van der Waals surface area contributed by atoms with E-state index in [2.05, 4.69) is 10.3 Å². The Balaban J connectivity index is 2.14. The number of rotatable bonds is 1. The largest absolute Gasteiger partial charge is 0.316 e. The third-order valence-corrected chi connectivity index (χ3v) is 3.32. The average Bonchev–Trinajstić information content (AvgIpc) is 2.87. The van der Waals surface area contributed by atoms with Crippen molar-refractivity contribution in [1.29, 1.82) is 0 Å². The van der Waals surface area contributed by atoms with Gasteiger partial charge in [-0.1, -0.05) is 17.7 Å². The highest BCUT2D eigenvalue weighted by Crippen LogP contribution is 2.28. The van der Waals surface area contributed by atoms with E-state index in [0.29, 0.717) is 5.92 Å². The highest BCUT2D eigenvalue weighted by atomic mass is 35.5. The molecule has 0 aromatic carbocycles. The molecule has 1 N–H and O–H groups in total. The van der Waals surface area contributed by atoms with Crippen LogP contribution in [-0.2, 0) is 0 Å². The number of aromatic nitrogens is 2. The van der Waals surface area contributed by atoms with Crippen molar-refractivity contribution in [2.24, 2.45) is 0 Å². The molecule has 1 aliphatic heterocycles. The van der Waals surface area contributed by atoms with Gasteiger partial charge in [-0.15, -0.1) is 0 Å². The lowest BCUT2D eigenvalue weighted by molar-refractivity contribution is 0.742. The standard InChI is InChI=1S/C11H12ClN3/c12-11-10(8-4-5-13-7-8)14-9-3-1-2-6-15(9)11/h1-3,6,8,13H,4-5,7H2. The SMILES string of the molecule is Clc1c(C2CCNC2)nc2ccccn12. The Morgan fingerprint density at radius 3 is 3.13 bits per heavy atom. The number of nitrogens with zero attached hydrogens (tertiary/aromatic N) is 2. The number of halogens is 1. The minimum Gasteiger partial charge on any atom is -0.316 e. The van der Waals surface area contributed by atoms with Gasteiger partial charge in [-0.25, -0.2) is 4.98 Å². The van der Waals surface area contributed by atoms with Crippen LogP contribution in [0, 0.1) is 0 Å². The lowest BCUT2D eigenvalue weighted by atomic mass is 10.1. The number of hydrogen-bond acceptors (Lipinski definition) is 2. The predicted octanol–water partition coefficient (Wildman–Crippen LogP) is 2.06. The molecule has 0 amide bonds. The normalized spacial score (nSPS) is 21.3. The van der Waals surface area contributed by atoms with Crippen molar-refractivity contribution < 1.29 is 0 Å². The highest BCUT2D eigenvalue weighted by Gasteiger charge is 2.23. The molecule has 0 radical (unpaired) electrons. The molecule has 1 fully saturated rings. The van der Waals surface area contributed by atoms with Gasteiger partial charge in [0.2, 0.25) is 0 Å². The van der Waals surface area contributed by atoms with Crippen molar-refractivity contribution >= 4 is 17.2 Å². The van der Waals surface area contributed by atoms with Crippen LogP contribution in [0.25, 0.3) is 5.65 Å². The van der Waals surface area contributed by atoms with Gasteiger partial charge in [0.05, 0.1) is 5.69 Å². The first-order valence-corrected chi connectivity index (χ1v) is 5.57. The second kappa shape index (κ2) is 3.51. The van der Waals surface area contributed by atoms with Crippen molar-refractivity contribution in [1.82, 2.24) is 14.7 Å². The summed E-state index contributed by atoms with van der Waals surface area (Å²) in [4.78, 5) is 4.59. The van der Waals surface area contributed by atoms with E-state index < -0.39 is 0 Å². The summed E-state index contributed by atoms with van der Waals surface area (Å²) >= 11 is 6.31. The Labute approximate surface area is 93.1 Å². The van der Waals surface area contributed by atoms with Crippen molar-refractivity contribution in [3.8, 4) is 0 Å². The first-order chi connectivity index (χ1) is 7.36. The summed E-state index contributed by atoms with van der Waals surface area (Å²) in [5.41, 5.74) is 1.97. The second-order valence-corrected chi connectivity index (χ2v) is 4.26. The lowest BCUT2D eigenvalue weighted by Crippen LogP contribution is -2.08. The third kappa shape index (κ3) is 1.43. The molecule has 78 valence electrons. The Hall–Kier alpha value is -1.06. The number of fused-ring (bicyclic) bond motifs is 1. The van der Waals surface area contributed by atoms with Gasteiger partial charge in [-0.2, -0.15) is 0 Å². The van der Waals surface area contributed by atoms with Gasteiger partial charge in [-0.3, -0.25) is 4.40 Å². The summed E-state index contributed by atoms with van der Waals surface area (Å²) in [5.74, 6) is 0.470. The predicted molar refractivity (Wildman–Crippen MR) is 60.4 cm³/mol. The summed E-state index contributed by atoms with van der Waals surface area (Å²) < 4.78 is 1.94. The van der Waals surface area contributed by atoms with Gasteiger partial charge in [0.1, 0.15) is 10.8 Å². The Kier molecular flexibility index (Phi) is 2.15. The van der Waals surface area contributed by atoms with Crippen molar-refractivity contribution in [2.75, 3.05) is 13.1 Å². The van der Waals surface area contributed by atoms with Crippen LogP contribution < -0.4 is 5.32 Å². The smallest absolute Gasteiger partial charge is 0.138 e. The molecule has 2 aromatic heterocycles. The van der Waals surface area contributed by atoms with Gasteiger partial charge in [0.15, 0.2) is 0 Å². The molecule has 1 aliphatic rings. The van der Waals surface area contributed by atoms with Gasteiger partial charge in [-0.05, 0) is 25.1 Å². The maximum Gasteiger partial charge on any atom is 0.138 e. The van der Waals surface area contributed by atoms with Crippen molar-refractivity contribution in [3.63, 3.8) is 0 Å². The van der Waals surface area contributed by atoms with E-state index in [9.17, 15) is 0 Å². The zero-order valence-corrected chi connectivity index (χ0v) is 9.04. The summed E-state index contributed by atoms with van der Waals surface area (Å²) in [6.45, 7) is 2.05. The second-order valence-electron chi connectivity index (χ2n) is 3.91. The van der Waals surface area contributed by atoms with Crippen LogP contribution >= 0.6 is 11.6 Å². The fraction of sp³-hybridized carbons (Fsp3) is 0.364. The Morgan fingerprint density at radius 1 is 1.47 bits per heavy atom. The van der Waals surface area contributed by atoms with Crippen molar-refractivity contribution in [3.05, 3.63) is 35.2 Å². The van der Waals surface area contributed by atoms with E-state index in [4.69, 9.17) is 11.6 Å². The van der Waals surface area contributed by atoms with Crippen LogP contribution in [0.5, 0.6) is 0 Å². The summed E-state index contributed by atoms with van der Waals surface area (Å²) in [7, 11) is 0. The highest BCUT2D eigenvalue weighted by molar-refractivity contribution is 6.30. The quantitative estimate of drug-likeness (QED) is 0.799. The topological polar surface area (TPSA) is 29.3 Å². The summed E-state index contributed by atoms with van der Waals surface area (Å²) in [5, 5.41) is 4.10. The molecule has 1 atom stereocenters. The van der Waals surface area contributed by atoms with Crippen LogP contribution in [0.3, 0.4) is 0 Å². The molecule has 3 nitrogen and oxygen atoms in total. The monoisotopic (exact) mass is 221 g/mol. The fourth-order valence-electron chi connectivity index (χ4n) is 2.13. The average molecular weight is 222 g/mol. The molecule has 15 heavy (non-hydrogen) atoms. The molecule has 0 spiro atoms. The number of nitrogens with one attached hydrogen (secondary N) is 1. The molecular weight excluding hydrogens is 210 g/mol. The van der Waals surface area contributed by atoms with Crippen LogP contribution in [0.4, 0.5) is 0 Å². The minimum absolute atomic E-state index is 0.470. The molecule has 2 aromatic rings. The van der Waals surface area contributed by atoms with E-state index >= 15 is 0 Å². The van der Waals surface area contributed by atoms with E-state index in [1.165, 1.54) is 0 Å². The van der Waals surface area contributed by atoms with E-state index in [1.807, 2.05) is 28.8 Å². The maximum atomic E-state index is 6.31. The lowest BCUT2D eigenvalue weighted by Gasteiger charge is -2.03. The van der Waals surface area contributed by atoms with Crippen LogP contribution in [0.15, 0.2) is 24.4 Å². The first kappa shape index (κ1) is 9.19. The van der Waals surface area contributed by atoms with Gasteiger partial charge in [0, 0.05) is 18.7 Å². The number of imidazole rings is 1. The number of hydrogen-bond donors (Lipinski definition) is 1. The zero-order valence-electron chi connectivity index (χ0n) is 8.28. The van der Waals surface area contributed by atoms with E-state index in [1.54, 1.807) is 0 Å².